The minimum Gasteiger partial charge on any atom is -0.480 e. The number of likely N-dealkylation sites (tertiary alicyclic amines) is 1. The monoisotopic (exact) mass is 447 g/mol. The smallest absolute Gasteiger partial charge is 0.457 e. The van der Waals surface area contributed by atoms with Gasteiger partial charge in [-0.05, 0) is 69.6 Å². The van der Waals surface area contributed by atoms with Gasteiger partial charge >= 0.3 is 13.1 Å². The molecule has 8 nitrogen and oxygen atoms in total. The molecule has 3 saturated carbocycles. The van der Waals surface area contributed by atoms with Crippen LogP contribution >= 0.6 is 0 Å². The van der Waals surface area contributed by atoms with Crippen molar-refractivity contribution in [1.82, 2.24) is 10.2 Å². The molecular weight excluding hydrogens is 409 g/mol. The molecule has 4 N–H and O–H groups in total. The zero-order valence-electron chi connectivity index (χ0n) is 19.9. The third-order valence-corrected chi connectivity index (χ3v) is 10.0. The first kappa shape index (κ1) is 22.6. The van der Waals surface area contributed by atoms with E-state index < -0.39 is 23.0 Å². The Morgan fingerprint density at radius 2 is 2.03 bits per heavy atom. The maximum Gasteiger partial charge on any atom is 0.457 e. The summed E-state index contributed by atoms with van der Waals surface area (Å²) in [6.07, 6.45) is 5.49. The van der Waals surface area contributed by atoms with Gasteiger partial charge in [-0.3, -0.25) is 14.9 Å². The van der Waals surface area contributed by atoms with Crippen LogP contribution in [0.5, 0.6) is 0 Å². The van der Waals surface area contributed by atoms with Crippen molar-refractivity contribution in [2.75, 3.05) is 19.6 Å². The number of fused-ring (bicyclic) bond motifs is 1. The molecule has 0 spiro atoms. The molecule has 6 fully saturated rings. The average molecular weight is 447 g/mol. The molecule has 3 aliphatic heterocycles. The van der Waals surface area contributed by atoms with E-state index in [0.29, 0.717) is 24.4 Å². The van der Waals surface area contributed by atoms with Crippen LogP contribution in [0.2, 0.25) is 6.32 Å². The summed E-state index contributed by atoms with van der Waals surface area (Å²) in [6, 6.07) is -0.628. The third kappa shape index (κ3) is 2.90. The summed E-state index contributed by atoms with van der Waals surface area (Å²) in [5.74, 6) is 0.208. The largest absolute Gasteiger partial charge is 0.480 e. The highest BCUT2D eigenvalue weighted by Gasteiger charge is 2.68. The molecule has 32 heavy (non-hydrogen) atoms. The van der Waals surface area contributed by atoms with Crippen LogP contribution in [0.1, 0.15) is 59.8 Å². The number of carbonyl (C=O) groups excluding carboxylic acids is 1. The van der Waals surface area contributed by atoms with E-state index in [9.17, 15) is 14.7 Å². The van der Waals surface area contributed by atoms with Gasteiger partial charge in [0, 0.05) is 12.0 Å². The standard InChI is InChI=1S/C23H38BN3O5/c1-14(25)18(28)27-12-22(7-9-26-23(22,13-27)19(29)30)6-5-8-24-31-17-11-15-10-16(20(15,2)3)21(17,4)32-24/h14-17,26H,5-13,25H2,1-4H3,(H,29,30)/t14?,15-,16-,17+,21-,22+,23+/m0/s1. The predicted molar refractivity (Wildman–Crippen MR) is 120 cm³/mol. The number of nitrogens with two attached hydrogens (primary N) is 1. The van der Waals surface area contributed by atoms with Gasteiger partial charge in [-0.2, -0.15) is 0 Å². The van der Waals surface area contributed by atoms with Gasteiger partial charge in [0.15, 0.2) is 0 Å². The Labute approximate surface area is 191 Å². The van der Waals surface area contributed by atoms with Crippen molar-refractivity contribution in [3.8, 4) is 0 Å². The molecule has 0 aromatic rings. The van der Waals surface area contributed by atoms with Crippen LogP contribution in [0.25, 0.3) is 0 Å². The number of carboxylic acid groups (broad SMARTS) is 1. The normalized spacial score (nSPS) is 44.7. The minimum atomic E-state index is -1.10. The molecule has 3 saturated heterocycles. The van der Waals surface area contributed by atoms with E-state index >= 15 is 0 Å². The number of hydrogen-bond donors (Lipinski definition) is 3. The number of nitrogens with one attached hydrogen (secondary N) is 1. The van der Waals surface area contributed by atoms with Crippen LogP contribution in [-0.2, 0) is 18.9 Å². The summed E-state index contributed by atoms with van der Waals surface area (Å²) in [6.45, 7) is 9.87. The first-order chi connectivity index (χ1) is 15.0. The molecule has 6 aliphatic rings. The Kier molecular flexibility index (Phi) is 5.07. The van der Waals surface area contributed by atoms with Gasteiger partial charge in [0.1, 0.15) is 5.54 Å². The van der Waals surface area contributed by atoms with Crippen LogP contribution < -0.4 is 11.1 Å². The number of hydrogen-bond acceptors (Lipinski definition) is 6. The van der Waals surface area contributed by atoms with Gasteiger partial charge in [0.05, 0.1) is 24.3 Å². The molecule has 7 atom stereocenters. The van der Waals surface area contributed by atoms with E-state index in [1.54, 1.807) is 11.8 Å². The first-order valence-corrected chi connectivity index (χ1v) is 12.3. The molecular formula is C23H38BN3O5. The fourth-order valence-electron chi connectivity index (χ4n) is 7.98. The van der Waals surface area contributed by atoms with Gasteiger partial charge in [0.25, 0.3) is 0 Å². The van der Waals surface area contributed by atoms with Crippen molar-refractivity contribution < 1.29 is 24.0 Å². The highest BCUT2D eigenvalue weighted by atomic mass is 16.7. The summed E-state index contributed by atoms with van der Waals surface area (Å²) < 4.78 is 12.9. The van der Waals surface area contributed by atoms with Crippen LogP contribution in [0.4, 0.5) is 0 Å². The Morgan fingerprint density at radius 3 is 2.69 bits per heavy atom. The van der Waals surface area contributed by atoms with E-state index in [1.165, 1.54) is 6.42 Å². The van der Waals surface area contributed by atoms with E-state index in [-0.39, 0.29) is 31.3 Å². The van der Waals surface area contributed by atoms with Crippen molar-refractivity contribution in [3.63, 3.8) is 0 Å². The molecule has 2 bridgehead atoms. The Balaban J connectivity index is 1.25. The van der Waals surface area contributed by atoms with Crippen LogP contribution in [-0.4, -0.2) is 71.9 Å². The first-order valence-electron chi connectivity index (χ1n) is 12.3. The highest BCUT2D eigenvalue weighted by molar-refractivity contribution is 6.45. The summed E-state index contributed by atoms with van der Waals surface area (Å²) in [7, 11) is -0.228. The van der Waals surface area contributed by atoms with E-state index in [2.05, 4.69) is 26.1 Å². The number of nitrogens with zero attached hydrogens (tertiary/aromatic N) is 1. The molecule has 1 amide bonds. The average Bonchev–Trinajstić information content (AvgIpc) is 3.33. The predicted octanol–water partition coefficient (Wildman–Crippen LogP) is 1.49. The molecule has 0 aromatic heterocycles. The van der Waals surface area contributed by atoms with Crippen molar-refractivity contribution in [2.24, 2.45) is 28.4 Å². The zero-order valence-corrected chi connectivity index (χ0v) is 19.9. The summed E-state index contributed by atoms with van der Waals surface area (Å²) in [4.78, 5) is 26.6. The maximum absolute atomic E-state index is 12.6. The van der Waals surface area contributed by atoms with Crippen molar-refractivity contribution in [3.05, 3.63) is 0 Å². The Hall–Kier alpha value is -1.16. The van der Waals surface area contributed by atoms with Gasteiger partial charge < -0.3 is 25.0 Å². The van der Waals surface area contributed by atoms with Crippen molar-refractivity contribution in [2.45, 2.75) is 89.4 Å². The van der Waals surface area contributed by atoms with Crippen molar-refractivity contribution in [1.29, 1.82) is 0 Å². The number of rotatable bonds is 6. The molecule has 0 aromatic carbocycles. The highest BCUT2D eigenvalue weighted by Crippen LogP contribution is 2.66. The minimum absolute atomic E-state index is 0.166. The maximum atomic E-state index is 12.6. The van der Waals surface area contributed by atoms with Gasteiger partial charge in [0.2, 0.25) is 5.91 Å². The van der Waals surface area contributed by atoms with Gasteiger partial charge in [-0.15, -0.1) is 0 Å². The fourth-order valence-corrected chi connectivity index (χ4v) is 7.98. The summed E-state index contributed by atoms with van der Waals surface area (Å²) in [5.41, 5.74) is 4.35. The Bertz CT molecular complexity index is 823. The number of amides is 1. The van der Waals surface area contributed by atoms with Crippen LogP contribution in [0, 0.1) is 22.7 Å². The molecule has 6 rings (SSSR count). The topological polar surface area (TPSA) is 114 Å². The zero-order chi connectivity index (χ0) is 23.1. The van der Waals surface area contributed by atoms with Crippen LogP contribution in [0.15, 0.2) is 0 Å². The quantitative estimate of drug-likeness (QED) is 0.529. The van der Waals surface area contributed by atoms with Crippen molar-refractivity contribution >= 4 is 19.0 Å². The molecule has 178 valence electrons. The second-order valence-electron chi connectivity index (χ2n) is 11.9. The fraction of sp³-hybridized carbons (Fsp3) is 0.913. The molecule has 3 aliphatic carbocycles. The second-order valence-corrected chi connectivity index (χ2v) is 11.9. The van der Waals surface area contributed by atoms with Gasteiger partial charge in [-0.1, -0.05) is 20.3 Å². The lowest BCUT2D eigenvalue weighted by atomic mass is 9.43. The van der Waals surface area contributed by atoms with E-state index in [4.69, 9.17) is 15.0 Å². The number of carboxylic acids is 1. The molecule has 1 unspecified atom stereocenters. The second kappa shape index (κ2) is 7.17. The lowest BCUT2D eigenvalue weighted by molar-refractivity contribution is -0.199. The Morgan fingerprint density at radius 1 is 1.28 bits per heavy atom. The van der Waals surface area contributed by atoms with E-state index in [1.807, 2.05) is 0 Å². The van der Waals surface area contributed by atoms with Crippen LogP contribution in [0.3, 0.4) is 0 Å². The molecule has 0 radical (unpaired) electrons. The summed E-state index contributed by atoms with van der Waals surface area (Å²) in [5, 5.41) is 13.4. The van der Waals surface area contributed by atoms with Gasteiger partial charge in [-0.25, -0.2) is 0 Å². The molecule has 9 heteroatoms. The number of aliphatic carboxylic acids is 1. The third-order valence-electron chi connectivity index (χ3n) is 10.0. The number of carbonyl (C=O) groups is 2. The van der Waals surface area contributed by atoms with E-state index in [0.717, 1.165) is 37.9 Å². The lowest BCUT2D eigenvalue weighted by Gasteiger charge is -2.64. The molecule has 3 heterocycles. The summed E-state index contributed by atoms with van der Waals surface area (Å²) >= 11 is 0. The lowest BCUT2D eigenvalue weighted by Crippen LogP contribution is -2.65. The SMILES string of the molecule is CC(N)C(=O)N1C[C@@]2(CCCB3O[C@@H]4C[C@@H]5C[C@@H](C5(C)C)[C@]4(C)O3)CCN[C@@]2(C(=O)O)C1.